The monoisotopic (exact) mass is 175 g/mol. The van der Waals surface area contributed by atoms with Gasteiger partial charge in [-0.1, -0.05) is 0 Å². The van der Waals surface area contributed by atoms with Crippen molar-refractivity contribution in [3.63, 3.8) is 0 Å². The van der Waals surface area contributed by atoms with Crippen molar-refractivity contribution in [3.05, 3.63) is 34.5 Å². The van der Waals surface area contributed by atoms with E-state index in [0.717, 1.165) is 10.7 Å². The Balaban J connectivity index is 2.55. The Morgan fingerprint density at radius 2 is 2.15 bits per heavy atom. The molecule has 0 aliphatic carbocycles. The fourth-order valence-electron chi connectivity index (χ4n) is 1.26. The summed E-state index contributed by atoms with van der Waals surface area (Å²) >= 11 is 0. The summed E-state index contributed by atoms with van der Waals surface area (Å²) in [5.74, 6) is -0.0927. The third kappa shape index (κ3) is 1.30. The van der Waals surface area contributed by atoms with Crippen LogP contribution in [-0.4, -0.2) is 19.6 Å². The van der Waals surface area contributed by atoms with Gasteiger partial charge in [0.15, 0.2) is 0 Å². The number of rotatable bonds is 1. The second-order valence-corrected chi connectivity index (χ2v) is 2.74. The number of hydrogen-bond acceptors (Lipinski definition) is 3. The van der Waals surface area contributed by atoms with E-state index in [0.29, 0.717) is 12.2 Å². The topological polar surface area (TPSA) is 53.8 Å². The van der Waals surface area contributed by atoms with E-state index >= 15 is 0 Å². The molecule has 0 spiro atoms. The number of carbonyl (C=O) groups is 1. The standard InChI is InChI=1S/C9H9N3O/c1-10-9(13)6-2-3-7-8(4-6)12-5-11-7/h2-4H,5H2,1H3,(H,10,13). The number of nitrogens with zero attached hydrogens (tertiary/aromatic N) is 2. The van der Waals surface area contributed by atoms with Crippen LogP contribution < -0.4 is 16.0 Å². The van der Waals surface area contributed by atoms with Gasteiger partial charge in [0.2, 0.25) is 0 Å². The van der Waals surface area contributed by atoms with E-state index in [4.69, 9.17) is 0 Å². The normalized spacial score (nSPS) is 12.7. The van der Waals surface area contributed by atoms with Crippen LogP contribution in [0.15, 0.2) is 28.2 Å². The second-order valence-electron chi connectivity index (χ2n) is 2.74. The zero-order chi connectivity index (χ0) is 9.26. The molecule has 66 valence electrons. The summed E-state index contributed by atoms with van der Waals surface area (Å²) in [5.41, 5.74) is 0.627. The SMILES string of the molecule is CNC(=O)c1ccc2c(c1)=NCN=2. The summed E-state index contributed by atoms with van der Waals surface area (Å²) in [6.07, 6.45) is 0. The van der Waals surface area contributed by atoms with Crippen molar-refractivity contribution < 1.29 is 4.79 Å². The molecular weight excluding hydrogens is 166 g/mol. The van der Waals surface area contributed by atoms with Gasteiger partial charge in [0, 0.05) is 12.6 Å². The first-order chi connectivity index (χ1) is 6.31. The molecule has 0 atom stereocenters. The molecule has 4 heteroatoms. The van der Waals surface area contributed by atoms with Crippen molar-refractivity contribution >= 4 is 5.91 Å². The molecule has 2 rings (SSSR count). The van der Waals surface area contributed by atoms with Crippen LogP contribution >= 0.6 is 0 Å². The minimum atomic E-state index is -0.0927. The third-order valence-electron chi connectivity index (χ3n) is 1.95. The summed E-state index contributed by atoms with van der Waals surface area (Å²) in [4.78, 5) is 19.5. The van der Waals surface area contributed by atoms with E-state index in [-0.39, 0.29) is 5.91 Å². The summed E-state index contributed by atoms with van der Waals surface area (Å²) < 4.78 is 0. The highest BCUT2D eigenvalue weighted by molar-refractivity contribution is 5.93. The minimum absolute atomic E-state index is 0.0927. The first-order valence-electron chi connectivity index (χ1n) is 4.02. The van der Waals surface area contributed by atoms with Gasteiger partial charge in [0.1, 0.15) is 6.67 Å². The summed E-state index contributed by atoms with van der Waals surface area (Å²) in [7, 11) is 1.61. The van der Waals surface area contributed by atoms with Crippen molar-refractivity contribution in [2.24, 2.45) is 9.98 Å². The van der Waals surface area contributed by atoms with Crippen LogP contribution in [0.4, 0.5) is 0 Å². The first kappa shape index (κ1) is 7.91. The Hall–Kier alpha value is -1.71. The van der Waals surface area contributed by atoms with Crippen molar-refractivity contribution in [2.75, 3.05) is 13.7 Å². The number of nitrogens with one attached hydrogen (secondary N) is 1. The molecule has 0 aromatic heterocycles. The van der Waals surface area contributed by atoms with Crippen LogP contribution in [0.3, 0.4) is 0 Å². The van der Waals surface area contributed by atoms with E-state index in [1.54, 1.807) is 19.2 Å². The molecule has 1 N–H and O–H groups in total. The maximum Gasteiger partial charge on any atom is 0.251 e. The van der Waals surface area contributed by atoms with Gasteiger partial charge >= 0.3 is 0 Å². The third-order valence-corrected chi connectivity index (χ3v) is 1.95. The van der Waals surface area contributed by atoms with Gasteiger partial charge in [-0.3, -0.25) is 14.8 Å². The van der Waals surface area contributed by atoms with Crippen LogP contribution in [0, 0.1) is 0 Å². The lowest BCUT2D eigenvalue weighted by Gasteiger charge is -1.96. The summed E-state index contributed by atoms with van der Waals surface area (Å²) in [6.45, 7) is 0.479. The molecule has 1 aliphatic rings. The van der Waals surface area contributed by atoms with Gasteiger partial charge in [-0.2, -0.15) is 0 Å². The van der Waals surface area contributed by atoms with Gasteiger partial charge in [-0.15, -0.1) is 0 Å². The lowest BCUT2D eigenvalue weighted by Crippen LogP contribution is -2.26. The van der Waals surface area contributed by atoms with Gasteiger partial charge in [-0.05, 0) is 18.2 Å². The molecule has 0 fully saturated rings. The summed E-state index contributed by atoms with van der Waals surface area (Å²) in [6, 6.07) is 5.32. The molecule has 0 saturated heterocycles. The second kappa shape index (κ2) is 2.97. The zero-order valence-corrected chi connectivity index (χ0v) is 7.24. The molecule has 1 heterocycles. The van der Waals surface area contributed by atoms with Crippen LogP contribution in [0.1, 0.15) is 10.4 Å². The number of hydrogen-bond donors (Lipinski definition) is 1. The molecule has 0 bridgehead atoms. The highest BCUT2D eigenvalue weighted by Crippen LogP contribution is 1.92. The zero-order valence-electron chi connectivity index (χ0n) is 7.24. The van der Waals surface area contributed by atoms with Crippen molar-refractivity contribution in [2.45, 2.75) is 0 Å². The van der Waals surface area contributed by atoms with E-state index in [2.05, 4.69) is 15.3 Å². The molecular formula is C9H9N3O. The Morgan fingerprint density at radius 1 is 1.38 bits per heavy atom. The molecule has 0 unspecified atom stereocenters. The molecule has 1 amide bonds. The highest BCUT2D eigenvalue weighted by Gasteiger charge is 2.04. The van der Waals surface area contributed by atoms with Crippen molar-refractivity contribution in [1.82, 2.24) is 5.32 Å². The Morgan fingerprint density at radius 3 is 2.92 bits per heavy atom. The molecule has 13 heavy (non-hydrogen) atoms. The fourth-order valence-corrected chi connectivity index (χ4v) is 1.26. The van der Waals surface area contributed by atoms with Gasteiger partial charge in [0.05, 0.1) is 10.7 Å². The quantitative estimate of drug-likeness (QED) is 0.600. The first-order valence-corrected chi connectivity index (χ1v) is 4.02. The van der Waals surface area contributed by atoms with E-state index < -0.39 is 0 Å². The average Bonchev–Trinajstić information content (AvgIpc) is 2.63. The number of amides is 1. The number of fused-ring (bicyclic) bond motifs is 1. The predicted octanol–water partition coefficient (Wildman–Crippen LogP) is -0.743. The maximum absolute atomic E-state index is 11.2. The summed E-state index contributed by atoms with van der Waals surface area (Å²) in [5, 5.41) is 4.24. The molecule has 0 radical (unpaired) electrons. The van der Waals surface area contributed by atoms with Crippen LogP contribution in [0.2, 0.25) is 0 Å². The molecule has 4 nitrogen and oxygen atoms in total. The Labute approximate surface area is 75.0 Å². The predicted molar refractivity (Wildman–Crippen MR) is 47.0 cm³/mol. The lowest BCUT2D eigenvalue weighted by molar-refractivity contribution is 0.0963. The van der Waals surface area contributed by atoms with E-state index in [9.17, 15) is 4.79 Å². The number of carbonyl (C=O) groups excluding carboxylic acids is 1. The Kier molecular flexibility index (Phi) is 1.81. The van der Waals surface area contributed by atoms with Gasteiger partial charge < -0.3 is 5.32 Å². The highest BCUT2D eigenvalue weighted by atomic mass is 16.1. The number of benzene rings is 1. The van der Waals surface area contributed by atoms with E-state index in [1.807, 2.05) is 6.07 Å². The van der Waals surface area contributed by atoms with Crippen LogP contribution in [-0.2, 0) is 0 Å². The maximum atomic E-state index is 11.2. The lowest BCUT2D eigenvalue weighted by atomic mass is 10.2. The van der Waals surface area contributed by atoms with Crippen LogP contribution in [0.25, 0.3) is 0 Å². The Bertz CT molecular complexity index is 464. The average molecular weight is 175 g/mol. The fraction of sp³-hybridized carbons (Fsp3) is 0.222. The molecule has 0 saturated carbocycles. The smallest absolute Gasteiger partial charge is 0.251 e. The largest absolute Gasteiger partial charge is 0.355 e. The molecule has 1 aliphatic heterocycles. The van der Waals surface area contributed by atoms with Crippen LogP contribution in [0.5, 0.6) is 0 Å². The van der Waals surface area contributed by atoms with Gasteiger partial charge in [-0.25, -0.2) is 0 Å². The molecule has 1 aromatic rings. The molecule has 1 aromatic carbocycles. The van der Waals surface area contributed by atoms with Gasteiger partial charge in [0.25, 0.3) is 5.91 Å². The van der Waals surface area contributed by atoms with E-state index in [1.165, 1.54) is 0 Å². The van der Waals surface area contributed by atoms with Crippen molar-refractivity contribution in [1.29, 1.82) is 0 Å². The van der Waals surface area contributed by atoms with Crippen molar-refractivity contribution in [3.8, 4) is 0 Å². The minimum Gasteiger partial charge on any atom is -0.355 e.